The first-order valence-electron chi connectivity index (χ1n) is 6.51. The van der Waals surface area contributed by atoms with Gasteiger partial charge in [0.25, 0.3) is 0 Å². The maximum absolute atomic E-state index is 12.1. The molecule has 0 aliphatic heterocycles. The predicted octanol–water partition coefficient (Wildman–Crippen LogP) is 3.67. The number of hydrogen-bond acceptors (Lipinski definition) is 5. The van der Waals surface area contributed by atoms with E-state index in [4.69, 9.17) is 14.0 Å². The van der Waals surface area contributed by atoms with Gasteiger partial charge in [0.15, 0.2) is 0 Å². The number of hydrogen-bond donors (Lipinski definition) is 0. The van der Waals surface area contributed by atoms with E-state index >= 15 is 0 Å². The molecule has 0 fully saturated rings. The molecule has 5 nitrogen and oxygen atoms in total. The van der Waals surface area contributed by atoms with E-state index in [0.29, 0.717) is 23.4 Å². The fraction of sp³-hybridized carbons (Fsp3) is 0.333. The van der Waals surface area contributed by atoms with E-state index in [1.807, 2.05) is 25.1 Å². The number of rotatable bonds is 5. The summed E-state index contributed by atoms with van der Waals surface area (Å²) in [7, 11) is 1.60. The van der Waals surface area contributed by atoms with Crippen LogP contribution >= 0.6 is 15.9 Å². The Balaban J connectivity index is 2.07. The van der Waals surface area contributed by atoms with Crippen molar-refractivity contribution in [2.24, 2.45) is 0 Å². The van der Waals surface area contributed by atoms with Crippen LogP contribution in [0.1, 0.15) is 34.3 Å². The Labute approximate surface area is 131 Å². The number of aryl methyl sites for hydroxylation is 2. The monoisotopic (exact) mass is 353 g/mol. The highest BCUT2D eigenvalue weighted by Crippen LogP contribution is 2.26. The van der Waals surface area contributed by atoms with Crippen molar-refractivity contribution in [3.8, 4) is 5.75 Å². The van der Waals surface area contributed by atoms with Gasteiger partial charge >= 0.3 is 5.97 Å². The van der Waals surface area contributed by atoms with E-state index in [-0.39, 0.29) is 6.61 Å². The van der Waals surface area contributed by atoms with E-state index in [1.165, 1.54) is 0 Å². The minimum atomic E-state index is -0.419. The van der Waals surface area contributed by atoms with E-state index in [9.17, 15) is 4.79 Å². The first-order chi connectivity index (χ1) is 10.1. The minimum absolute atomic E-state index is 0.176. The second-order valence-corrected chi connectivity index (χ2v) is 5.31. The lowest BCUT2D eigenvalue weighted by Gasteiger charge is -2.07. The molecule has 21 heavy (non-hydrogen) atoms. The molecule has 0 bridgehead atoms. The van der Waals surface area contributed by atoms with Crippen LogP contribution in [0.4, 0.5) is 0 Å². The molecule has 1 aromatic carbocycles. The molecule has 1 aromatic heterocycles. The average molecular weight is 354 g/mol. The first kappa shape index (κ1) is 15.6. The summed E-state index contributed by atoms with van der Waals surface area (Å²) in [5, 5.41) is 3.85. The van der Waals surface area contributed by atoms with Gasteiger partial charge in [0.05, 0.1) is 17.3 Å². The van der Waals surface area contributed by atoms with Gasteiger partial charge in [0, 0.05) is 0 Å². The Morgan fingerprint density at radius 1 is 1.43 bits per heavy atom. The largest absolute Gasteiger partial charge is 0.496 e. The molecule has 0 unspecified atom stereocenters. The van der Waals surface area contributed by atoms with Crippen LogP contribution in [0, 0.1) is 6.92 Å². The van der Waals surface area contributed by atoms with Crippen LogP contribution in [0.15, 0.2) is 27.2 Å². The third kappa shape index (κ3) is 3.44. The summed E-state index contributed by atoms with van der Waals surface area (Å²) in [6.07, 6.45) is 0.621. The van der Waals surface area contributed by atoms with Crippen molar-refractivity contribution >= 4 is 21.9 Å². The summed E-state index contributed by atoms with van der Waals surface area (Å²) in [6.45, 7) is 3.79. The van der Waals surface area contributed by atoms with Crippen LogP contribution in [0.2, 0.25) is 0 Å². The van der Waals surface area contributed by atoms with Crippen LogP contribution in [0.5, 0.6) is 5.75 Å². The van der Waals surface area contributed by atoms with E-state index in [1.54, 1.807) is 14.0 Å². The highest BCUT2D eigenvalue weighted by atomic mass is 79.9. The molecule has 6 heteroatoms. The van der Waals surface area contributed by atoms with Crippen molar-refractivity contribution in [3.63, 3.8) is 0 Å². The molecule has 0 spiro atoms. The third-order valence-corrected chi connectivity index (χ3v) is 3.68. The molecule has 112 valence electrons. The Morgan fingerprint density at radius 3 is 2.81 bits per heavy atom. The number of esters is 1. The Morgan fingerprint density at radius 2 is 2.19 bits per heavy atom. The predicted molar refractivity (Wildman–Crippen MR) is 80.4 cm³/mol. The highest BCUT2D eigenvalue weighted by molar-refractivity contribution is 9.10. The lowest BCUT2D eigenvalue weighted by atomic mass is 10.1. The summed E-state index contributed by atoms with van der Waals surface area (Å²) in [4.78, 5) is 12.1. The molecule has 2 rings (SSSR count). The summed E-state index contributed by atoms with van der Waals surface area (Å²) >= 11 is 3.40. The first-order valence-corrected chi connectivity index (χ1v) is 7.30. The smallest absolute Gasteiger partial charge is 0.344 e. The lowest BCUT2D eigenvalue weighted by Crippen LogP contribution is -2.08. The molecule has 1 heterocycles. The molecule has 0 saturated heterocycles. The number of benzene rings is 1. The number of carbonyl (C=O) groups excluding carboxylic acids is 1. The summed E-state index contributed by atoms with van der Waals surface area (Å²) in [5.41, 5.74) is 1.90. The second-order valence-electron chi connectivity index (χ2n) is 4.46. The van der Waals surface area contributed by atoms with Crippen molar-refractivity contribution in [1.29, 1.82) is 0 Å². The fourth-order valence-corrected chi connectivity index (χ4v) is 2.53. The van der Waals surface area contributed by atoms with Gasteiger partial charge in [0.1, 0.15) is 23.7 Å². The maximum Gasteiger partial charge on any atom is 0.344 e. The van der Waals surface area contributed by atoms with Crippen LogP contribution in [0.3, 0.4) is 0 Å². The van der Waals surface area contributed by atoms with Gasteiger partial charge in [-0.15, -0.1) is 0 Å². The van der Waals surface area contributed by atoms with Gasteiger partial charge in [-0.1, -0.05) is 18.1 Å². The molecule has 0 N–H and O–H groups in total. The van der Waals surface area contributed by atoms with Crippen LogP contribution < -0.4 is 4.74 Å². The molecule has 0 saturated carbocycles. The van der Waals surface area contributed by atoms with Gasteiger partial charge in [0.2, 0.25) is 0 Å². The summed E-state index contributed by atoms with van der Waals surface area (Å²) < 4.78 is 16.3. The zero-order chi connectivity index (χ0) is 15.4. The van der Waals surface area contributed by atoms with Crippen LogP contribution in [-0.4, -0.2) is 18.2 Å². The van der Waals surface area contributed by atoms with Gasteiger partial charge < -0.3 is 14.0 Å². The van der Waals surface area contributed by atoms with Crippen molar-refractivity contribution in [1.82, 2.24) is 5.16 Å². The zero-order valence-corrected chi connectivity index (χ0v) is 13.7. The van der Waals surface area contributed by atoms with Gasteiger partial charge in [-0.3, -0.25) is 0 Å². The summed E-state index contributed by atoms with van der Waals surface area (Å²) in [6, 6.07) is 5.51. The SMILES string of the molecule is CCc1noc(C)c1C(=O)OCc1ccc(OC)c(Br)c1. The molecular weight excluding hydrogens is 338 g/mol. The van der Waals surface area contributed by atoms with E-state index in [0.717, 1.165) is 15.8 Å². The van der Waals surface area contributed by atoms with Crippen molar-refractivity contribution in [2.45, 2.75) is 26.9 Å². The number of aromatic nitrogens is 1. The van der Waals surface area contributed by atoms with Crippen molar-refractivity contribution in [2.75, 3.05) is 7.11 Å². The van der Waals surface area contributed by atoms with Gasteiger partial charge in [-0.25, -0.2) is 4.79 Å². The number of halogens is 1. The molecule has 0 aliphatic carbocycles. The van der Waals surface area contributed by atoms with E-state index < -0.39 is 5.97 Å². The van der Waals surface area contributed by atoms with E-state index in [2.05, 4.69) is 21.1 Å². The van der Waals surface area contributed by atoms with Crippen molar-refractivity contribution < 1.29 is 18.8 Å². The normalized spacial score (nSPS) is 10.5. The Hall–Kier alpha value is -1.82. The summed E-state index contributed by atoms with van der Waals surface area (Å²) in [5.74, 6) is 0.790. The van der Waals surface area contributed by atoms with Gasteiger partial charge in [-0.2, -0.15) is 0 Å². The Bertz CT molecular complexity index is 651. The topological polar surface area (TPSA) is 61.6 Å². The second kappa shape index (κ2) is 6.76. The average Bonchev–Trinajstić information content (AvgIpc) is 2.86. The van der Waals surface area contributed by atoms with Crippen LogP contribution in [0.25, 0.3) is 0 Å². The minimum Gasteiger partial charge on any atom is -0.496 e. The molecule has 2 aromatic rings. The molecular formula is C15H16BrNO4. The quantitative estimate of drug-likeness (QED) is 0.767. The van der Waals surface area contributed by atoms with Crippen LogP contribution in [-0.2, 0) is 17.8 Å². The zero-order valence-electron chi connectivity index (χ0n) is 12.1. The number of nitrogens with zero attached hydrogens (tertiary/aromatic N) is 1. The van der Waals surface area contributed by atoms with Crippen molar-refractivity contribution in [3.05, 3.63) is 45.3 Å². The number of carbonyl (C=O) groups is 1. The molecule has 0 radical (unpaired) electrons. The number of ether oxygens (including phenoxy) is 2. The molecule has 0 atom stereocenters. The van der Waals surface area contributed by atoms with Gasteiger partial charge in [-0.05, 0) is 47.0 Å². The molecule has 0 aliphatic rings. The maximum atomic E-state index is 12.1. The third-order valence-electron chi connectivity index (χ3n) is 3.06. The Kier molecular flexibility index (Phi) is 5.01. The standard InChI is InChI=1S/C15H16BrNO4/c1-4-12-14(9(2)21-17-12)15(18)20-8-10-5-6-13(19-3)11(16)7-10/h5-7H,4,8H2,1-3H3. The fourth-order valence-electron chi connectivity index (χ4n) is 1.94. The molecule has 0 amide bonds. The number of methoxy groups -OCH3 is 1. The lowest BCUT2D eigenvalue weighted by molar-refractivity contribution is 0.0469. The highest BCUT2D eigenvalue weighted by Gasteiger charge is 2.20.